The number of rotatable bonds is 4. The van der Waals surface area contributed by atoms with Gasteiger partial charge in [0.25, 0.3) is 0 Å². The van der Waals surface area contributed by atoms with Gasteiger partial charge in [-0.2, -0.15) is 0 Å². The summed E-state index contributed by atoms with van der Waals surface area (Å²) >= 11 is 0. The number of nitrogens with one attached hydrogen (secondary N) is 1. The molecule has 1 aliphatic rings. The Morgan fingerprint density at radius 3 is 2.50 bits per heavy atom. The lowest BCUT2D eigenvalue weighted by molar-refractivity contribution is 0.601. The lowest BCUT2D eigenvalue weighted by Crippen LogP contribution is -2.31. The summed E-state index contributed by atoms with van der Waals surface area (Å²) < 4.78 is 23.2. The Bertz CT molecular complexity index is 492. The van der Waals surface area contributed by atoms with Crippen molar-refractivity contribution in [3.05, 3.63) is 24.3 Å². The van der Waals surface area contributed by atoms with Gasteiger partial charge in [-0.15, -0.1) is 0 Å². The third-order valence-corrected chi connectivity index (χ3v) is 4.09. The molecule has 4 nitrogen and oxygen atoms in total. The molecule has 1 aliphatic carbocycles. The molecule has 0 atom stereocenters. The van der Waals surface area contributed by atoms with Gasteiger partial charge < -0.3 is 11.1 Å². The van der Waals surface area contributed by atoms with Crippen molar-refractivity contribution >= 4 is 15.5 Å². The van der Waals surface area contributed by atoms with Crippen molar-refractivity contribution in [3.8, 4) is 0 Å². The van der Waals surface area contributed by atoms with Gasteiger partial charge in [0.2, 0.25) is 0 Å². The summed E-state index contributed by atoms with van der Waals surface area (Å²) in [5, 5.41) is 3.25. The summed E-state index contributed by atoms with van der Waals surface area (Å²) in [5.74, 6) is 0. The maximum absolute atomic E-state index is 11.6. The molecule has 0 radical (unpaired) electrons. The second-order valence-electron chi connectivity index (χ2n) is 4.38. The van der Waals surface area contributed by atoms with E-state index >= 15 is 0 Å². The molecule has 0 aromatic heterocycles. The van der Waals surface area contributed by atoms with Crippen molar-refractivity contribution in [1.82, 2.24) is 0 Å². The van der Waals surface area contributed by atoms with Crippen LogP contribution in [-0.2, 0) is 9.84 Å². The van der Waals surface area contributed by atoms with Crippen LogP contribution in [0, 0.1) is 0 Å². The molecule has 0 amide bonds. The molecule has 16 heavy (non-hydrogen) atoms. The summed E-state index contributed by atoms with van der Waals surface area (Å²) in [6.45, 7) is 0.533. The van der Waals surface area contributed by atoms with Crippen molar-refractivity contribution in [2.24, 2.45) is 5.73 Å². The van der Waals surface area contributed by atoms with Gasteiger partial charge in [0.1, 0.15) is 0 Å². The van der Waals surface area contributed by atoms with Crippen LogP contribution in [0.25, 0.3) is 0 Å². The number of sulfone groups is 1. The number of hydrogen-bond acceptors (Lipinski definition) is 4. The zero-order chi connectivity index (χ0) is 11.8. The summed E-state index contributed by atoms with van der Waals surface area (Å²) in [6, 6.07) is 6.95. The molecule has 2 rings (SSSR count). The van der Waals surface area contributed by atoms with Gasteiger partial charge in [-0.25, -0.2) is 8.42 Å². The molecular formula is C11H16N2O2S. The van der Waals surface area contributed by atoms with Crippen molar-refractivity contribution in [1.29, 1.82) is 0 Å². The molecule has 0 saturated heterocycles. The number of hydrogen-bond donors (Lipinski definition) is 2. The van der Waals surface area contributed by atoms with Crippen molar-refractivity contribution in [3.63, 3.8) is 0 Å². The Kier molecular flexibility index (Phi) is 2.67. The van der Waals surface area contributed by atoms with E-state index in [9.17, 15) is 8.42 Å². The first kappa shape index (κ1) is 11.4. The largest absolute Gasteiger partial charge is 0.377 e. The van der Waals surface area contributed by atoms with E-state index in [-0.39, 0.29) is 5.54 Å². The van der Waals surface area contributed by atoms with Crippen molar-refractivity contribution < 1.29 is 8.42 Å². The average molecular weight is 240 g/mol. The molecule has 5 heteroatoms. The predicted octanol–water partition coefficient (Wildman–Crippen LogP) is 0.993. The Morgan fingerprint density at radius 1 is 1.38 bits per heavy atom. The second-order valence-corrected chi connectivity index (χ2v) is 6.36. The highest BCUT2D eigenvalue weighted by molar-refractivity contribution is 7.90. The SMILES string of the molecule is CS(=O)(=O)c1ccccc1NC1(CN)CC1. The van der Waals surface area contributed by atoms with Gasteiger partial charge in [0.15, 0.2) is 9.84 Å². The fourth-order valence-electron chi connectivity index (χ4n) is 1.71. The first-order valence-corrected chi connectivity index (χ1v) is 7.13. The monoisotopic (exact) mass is 240 g/mol. The van der Waals surface area contributed by atoms with Crippen molar-refractivity contribution in [2.45, 2.75) is 23.3 Å². The highest BCUT2D eigenvalue weighted by Gasteiger charge is 2.41. The molecule has 3 N–H and O–H groups in total. The third kappa shape index (κ3) is 2.20. The second kappa shape index (κ2) is 3.75. The van der Waals surface area contributed by atoms with Crippen LogP contribution in [0.2, 0.25) is 0 Å². The average Bonchev–Trinajstić information content (AvgIpc) is 2.98. The zero-order valence-electron chi connectivity index (χ0n) is 9.23. The van der Waals surface area contributed by atoms with Gasteiger partial charge in [-0.05, 0) is 25.0 Å². The standard InChI is InChI=1S/C11H16N2O2S/c1-16(14,15)10-5-3-2-4-9(10)13-11(8-12)6-7-11/h2-5,13H,6-8,12H2,1H3. The van der Waals surface area contributed by atoms with Crippen LogP contribution in [0.3, 0.4) is 0 Å². The number of para-hydroxylation sites is 1. The zero-order valence-corrected chi connectivity index (χ0v) is 10.0. The topological polar surface area (TPSA) is 72.2 Å². The fraction of sp³-hybridized carbons (Fsp3) is 0.455. The van der Waals surface area contributed by atoms with Crippen molar-refractivity contribution in [2.75, 3.05) is 18.1 Å². The summed E-state index contributed by atoms with van der Waals surface area (Å²) in [5.41, 5.74) is 6.24. The Labute approximate surface area is 95.8 Å². The summed E-state index contributed by atoms with van der Waals surface area (Å²) in [7, 11) is -3.19. The van der Waals surface area contributed by atoms with Crippen LogP contribution in [0.15, 0.2) is 29.2 Å². The van der Waals surface area contributed by atoms with Crippen LogP contribution in [0.5, 0.6) is 0 Å². The highest BCUT2D eigenvalue weighted by Crippen LogP contribution is 2.39. The normalized spacial score (nSPS) is 18.1. The van der Waals surface area contributed by atoms with E-state index in [1.807, 2.05) is 6.07 Å². The molecule has 0 unspecified atom stereocenters. The lowest BCUT2D eigenvalue weighted by Gasteiger charge is -2.18. The fourth-order valence-corrected chi connectivity index (χ4v) is 2.55. The Morgan fingerprint density at radius 2 is 2.00 bits per heavy atom. The Hall–Kier alpha value is -1.07. The third-order valence-electron chi connectivity index (χ3n) is 2.93. The number of benzene rings is 1. The van der Waals surface area contributed by atoms with Crippen LogP contribution in [0.1, 0.15) is 12.8 Å². The Balaban J connectivity index is 2.34. The quantitative estimate of drug-likeness (QED) is 0.823. The molecule has 1 saturated carbocycles. The molecular weight excluding hydrogens is 224 g/mol. The number of nitrogens with two attached hydrogens (primary N) is 1. The van der Waals surface area contributed by atoms with E-state index in [0.717, 1.165) is 12.8 Å². The first-order chi connectivity index (χ1) is 7.47. The van der Waals surface area contributed by atoms with Gasteiger partial charge >= 0.3 is 0 Å². The minimum absolute atomic E-state index is 0.0825. The molecule has 0 aliphatic heterocycles. The lowest BCUT2D eigenvalue weighted by atomic mass is 10.2. The van der Waals surface area contributed by atoms with E-state index < -0.39 is 9.84 Å². The van der Waals surface area contributed by atoms with E-state index in [2.05, 4.69) is 5.32 Å². The molecule has 0 bridgehead atoms. The van der Waals surface area contributed by atoms with Gasteiger partial charge in [-0.1, -0.05) is 12.1 Å². The number of anilines is 1. The summed E-state index contributed by atoms with van der Waals surface area (Å²) in [6.07, 6.45) is 3.22. The van der Waals surface area contributed by atoms with Crippen LogP contribution in [0.4, 0.5) is 5.69 Å². The van der Waals surface area contributed by atoms with Gasteiger partial charge in [0.05, 0.1) is 10.6 Å². The summed E-state index contributed by atoms with van der Waals surface area (Å²) in [4.78, 5) is 0.342. The molecule has 1 fully saturated rings. The predicted molar refractivity (Wildman–Crippen MR) is 64.2 cm³/mol. The minimum Gasteiger partial charge on any atom is -0.377 e. The van der Waals surface area contributed by atoms with Crippen LogP contribution < -0.4 is 11.1 Å². The maximum atomic E-state index is 11.6. The molecule has 0 heterocycles. The van der Waals surface area contributed by atoms with Crippen LogP contribution in [-0.4, -0.2) is 26.8 Å². The van der Waals surface area contributed by atoms with E-state index in [4.69, 9.17) is 5.73 Å². The first-order valence-electron chi connectivity index (χ1n) is 5.24. The smallest absolute Gasteiger partial charge is 0.177 e. The van der Waals surface area contributed by atoms with Gasteiger partial charge in [-0.3, -0.25) is 0 Å². The van der Waals surface area contributed by atoms with E-state index in [0.29, 0.717) is 17.1 Å². The maximum Gasteiger partial charge on any atom is 0.177 e. The van der Waals surface area contributed by atoms with Crippen LogP contribution >= 0.6 is 0 Å². The minimum atomic E-state index is -3.19. The van der Waals surface area contributed by atoms with E-state index in [1.54, 1.807) is 18.2 Å². The molecule has 0 spiro atoms. The molecule has 1 aromatic rings. The molecule has 88 valence electrons. The van der Waals surface area contributed by atoms with Gasteiger partial charge in [0, 0.05) is 18.3 Å². The molecule has 1 aromatic carbocycles. The van der Waals surface area contributed by atoms with E-state index in [1.165, 1.54) is 6.26 Å². The highest BCUT2D eigenvalue weighted by atomic mass is 32.2.